The molecule has 0 radical (unpaired) electrons. The zero-order valence-electron chi connectivity index (χ0n) is 9.03. The lowest BCUT2D eigenvalue weighted by Crippen LogP contribution is -2.21. The normalized spacial score (nSPS) is 25.7. The second-order valence-corrected chi connectivity index (χ2v) is 5.32. The van der Waals surface area contributed by atoms with Gasteiger partial charge in [0.25, 0.3) is 0 Å². The molecular weight excluding hydrogens is 206 g/mol. The minimum absolute atomic E-state index is 0.255. The summed E-state index contributed by atoms with van der Waals surface area (Å²) in [5.74, 6) is 1.20. The van der Waals surface area contributed by atoms with Crippen molar-refractivity contribution in [2.45, 2.75) is 19.8 Å². The second-order valence-electron chi connectivity index (χ2n) is 4.29. The van der Waals surface area contributed by atoms with E-state index in [2.05, 4.69) is 23.7 Å². The van der Waals surface area contributed by atoms with Crippen LogP contribution in [0.4, 0.5) is 0 Å². The molecule has 82 valence electrons. The third-order valence-electron chi connectivity index (χ3n) is 3.13. The molecule has 2 nitrogen and oxygen atoms in total. The van der Waals surface area contributed by atoms with Gasteiger partial charge in [-0.15, -0.1) is 11.3 Å². The summed E-state index contributed by atoms with van der Waals surface area (Å²) in [6.07, 6.45) is 1.62. The number of rotatable bonds is 4. The molecule has 0 aliphatic carbocycles. The third-order valence-corrected chi connectivity index (χ3v) is 4.07. The molecule has 1 fully saturated rings. The number of nitrogens with one attached hydrogen (secondary N) is 1. The molecule has 1 aromatic heterocycles. The number of carbonyl (C=O) groups excluding carboxylic acids is 1. The Kier molecular flexibility index (Phi) is 3.54. The van der Waals surface area contributed by atoms with Gasteiger partial charge in [0.1, 0.15) is 5.78 Å². The number of hydrogen-bond donors (Lipinski definition) is 1. The van der Waals surface area contributed by atoms with Crippen LogP contribution in [0.5, 0.6) is 0 Å². The predicted octanol–water partition coefficient (Wildman–Crippen LogP) is 2.11. The summed E-state index contributed by atoms with van der Waals surface area (Å²) in [6, 6.07) is 4.15. The Hall–Kier alpha value is -0.670. The van der Waals surface area contributed by atoms with Crippen LogP contribution >= 0.6 is 11.3 Å². The number of Topliss-reactive ketones (excluding diaryl/α,β-unsaturated/α-hetero) is 1. The maximum absolute atomic E-state index is 11.9. The van der Waals surface area contributed by atoms with Gasteiger partial charge in [-0.1, -0.05) is 13.0 Å². The minimum Gasteiger partial charge on any atom is -0.316 e. The third kappa shape index (κ3) is 2.67. The monoisotopic (exact) mass is 223 g/mol. The van der Waals surface area contributed by atoms with Gasteiger partial charge in [-0.25, -0.2) is 0 Å². The topological polar surface area (TPSA) is 29.1 Å². The van der Waals surface area contributed by atoms with E-state index < -0.39 is 0 Å². The second kappa shape index (κ2) is 4.90. The molecule has 1 aliphatic rings. The smallest absolute Gasteiger partial charge is 0.137 e. The van der Waals surface area contributed by atoms with Gasteiger partial charge in [-0.05, 0) is 30.3 Å². The van der Waals surface area contributed by atoms with Gasteiger partial charge in [0, 0.05) is 23.8 Å². The average molecular weight is 223 g/mol. The van der Waals surface area contributed by atoms with Crippen LogP contribution < -0.4 is 5.32 Å². The van der Waals surface area contributed by atoms with Crippen molar-refractivity contribution in [2.24, 2.45) is 11.8 Å². The molecule has 15 heavy (non-hydrogen) atoms. The lowest BCUT2D eigenvalue weighted by molar-refractivity contribution is -0.123. The molecule has 1 N–H and O–H groups in total. The van der Waals surface area contributed by atoms with Crippen LogP contribution in [0.1, 0.15) is 18.2 Å². The van der Waals surface area contributed by atoms with Gasteiger partial charge in [0.2, 0.25) is 0 Å². The Labute approximate surface area is 94.7 Å². The number of ketones is 1. The summed E-state index contributed by atoms with van der Waals surface area (Å²) >= 11 is 1.74. The quantitative estimate of drug-likeness (QED) is 0.847. The van der Waals surface area contributed by atoms with Gasteiger partial charge in [-0.2, -0.15) is 0 Å². The summed E-state index contributed by atoms with van der Waals surface area (Å²) in [5, 5.41) is 5.35. The molecule has 2 rings (SSSR count). The highest BCUT2D eigenvalue weighted by Crippen LogP contribution is 2.20. The van der Waals surface area contributed by atoms with Crippen molar-refractivity contribution in [3.8, 4) is 0 Å². The molecule has 2 unspecified atom stereocenters. The molecule has 1 aliphatic heterocycles. The van der Waals surface area contributed by atoms with E-state index in [9.17, 15) is 4.79 Å². The molecule has 0 saturated carbocycles. The summed E-state index contributed by atoms with van der Waals surface area (Å²) in [7, 11) is 0. The Morgan fingerprint density at radius 3 is 3.07 bits per heavy atom. The molecule has 0 spiro atoms. The molecule has 2 atom stereocenters. The Balaban J connectivity index is 1.82. The van der Waals surface area contributed by atoms with Gasteiger partial charge >= 0.3 is 0 Å². The van der Waals surface area contributed by atoms with Crippen molar-refractivity contribution >= 4 is 17.1 Å². The standard InChI is InChI=1S/C12H17NOS/c1-9-7-13-8-11(9)12(14)5-4-10-3-2-6-15-10/h2-3,6,9,11,13H,4-5,7-8H2,1H3. The van der Waals surface area contributed by atoms with Crippen LogP contribution in [-0.4, -0.2) is 18.9 Å². The van der Waals surface area contributed by atoms with Crippen molar-refractivity contribution in [1.29, 1.82) is 0 Å². The van der Waals surface area contributed by atoms with E-state index in [0.29, 0.717) is 18.1 Å². The van der Waals surface area contributed by atoms with Crippen LogP contribution in [0.25, 0.3) is 0 Å². The number of hydrogen-bond acceptors (Lipinski definition) is 3. The van der Waals surface area contributed by atoms with Gasteiger partial charge in [0.15, 0.2) is 0 Å². The Morgan fingerprint density at radius 1 is 1.60 bits per heavy atom. The van der Waals surface area contributed by atoms with E-state index in [1.54, 1.807) is 11.3 Å². The molecule has 2 heterocycles. The van der Waals surface area contributed by atoms with Gasteiger partial charge in [-0.3, -0.25) is 4.79 Å². The van der Waals surface area contributed by atoms with Gasteiger partial charge < -0.3 is 5.32 Å². The highest BCUT2D eigenvalue weighted by atomic mass is 32.1. The van der Waals surface area contributed by atoms with E-state index in [0.717, 1.165) is 19.5 Å². The SMILES string of the molecule is CC1CNCC1C(=O)CCc1cccs1. The van der Waals surface area contributed by atoms with Crippen molar-refractivity contribution in [3.63, 3.8) is 0 Å². The first kappa shape index (κ1) is 10.8. The van der Waals surface area contributed by atoms with E-state index >= 15 is 0 Å². The maximum Gasteiger partial charge on any atom is 0.137 e. The highest BCUT2D eigenvalue weighted by molar-refractivity contribution is 7.09. The zero-order valence-corrected chi connectivity index (χ0v) is 9.85. The average Bonchev–Trinajstić information content (AvgIpc) is 2.84. The largest absolute Gasteiger partial charge is 0.316 e. The van der Waals surface area contributed by atoms with E-state index in [4.69, 9.17) is 0 Å². The van der Waals surface area contributed by atoms with Crippen LogP contribution in [0.3, 0.4) is 0 Å². The molecule has 0 amide bonds. The van der Waals surface area contributed by atoms with Crippen LogP contribution in [0.2, 0.25) is 0 Å². The number of aryl methyl sites for hydroxylation is 1. The fourth-order valence-electron chi connectivity index (χ4n) is 2.13. The summed E-state index contributed by atoms with van der Waals surface area (Å²) in [4.78, 5) is 13.2. The van der Waals surface area contributed by atoms with E-state index in [1.165, 1.54) is 4.88 Å². The van der Waals surface area contributed by atoms with Crippen LogP contribution in [0.15, 0.2) is 17.5 Å². The maximum atomic E-state index is 11.9. The molecule has 0 aromatic carbocycles. The lowest BCUT2D eigenvalue weighted by Gasteiger charge is -2.11. The highest BCUT2D eigenvalue weighted by Gasteiger charge is 2.28. The number of carbonyl (C=O) groups is 1. The molecule has 3 heteroatoms. The molecule has 0 bridgehead atoms. The first-order chi connectivity index (χ1) is 7.27. The van der Waals surface area contributed by atoms with Crippen molar-refractivity contribution < 1.29 is 4.79 Å². The summed E-state index contributed by atoms with van der Waals surface area (Å²) in [6.45, 7) is 4.04. The first-order valence-electron chi connectivity index (χ1n) is 5.53. The van der Waals surface area contributed by atoms with Crippen molar-refractivity contribution in [1.82, 2.24) is 5.32 Å². The van der Waals surface area contributed by atoms with Crippen LogP contribution in [0, 0.1) is 11.8 Å². The van der Waals surface area contributed by atoms with Crippen LogP contribution in [-0.2, 0) is 11.2 Å². The van der Waals surface area contributed by atoms with E-state index in [1.807, 2.05) is 6.07 Å². The van der Waals surface area contributed by atoms with Gasteiger partial charge in [0.05, 0.1) is 0 Å². The molecular formula is C12H17NOS. The Bertz CT molecular complexity index is 320. The first-order valence-corrected chi connectivity index (χ1v) is 6.41. The fourth-order valence-corrected chi connectivity index (χ4v) is 2.84. The molecule has 1 saturated heterocycles. The number of thiophene rings is 1. The Morgan fingerprint density at radius 2 is 2.47 bits per heavy atom. The minimum atomic E-state index is 0.255. The van der Waals surface area contributed by atoms with E-state index in [-0.39, 0.29) is 5.92 Å². The predicted molar refractivity (Wildman–Crippen MR) is 63.2 cm³/mol. The lowest BCUT2D eigenvalue weighted by atomic mass is 9.91. The summed E-state index contributed by atoms with van der Waals surface area (Å²) < 4.78 is 0. The van der Waals surface area contributed by atoms with Crippen molar-refractivity contribution in [3.05, 3.63) is 22.4 Å². The molecule has 1 aromatic rings. The fraction of sp³-hybridized carbons (Fsp3) is 0.583. The zero-order chi connectivity index (χ0) is 10.7. The van der Waals surface area contributed by atoms with Crippen molar-refractivity contribution in [2.75, 3.05) is 13.1 Å². The summed E-state index contributed by atoms with van der Waals surface area (Å²) in [5.41, 5.74) is 0.